The minimum absolute atomic E-state index is 0.617. The van der Waals surface area contributed by atoms with Crippen molar-refractivity contribution in [3.8, 4) is 17.3 Å². The van der Waals surface area contributed by atoms with E-state index in [1.165, 1.54) is 0 Å². The van der Waals surface area contributed by atoms with Crippen molar-refractivity contribution in [3.05, 3.63) is 78.4 Å². The predicted octanol–water partition coefficient (Wildman–Crippen LogP) is 3.41. The molecule has 0 radical (unpaired) electrons. The molecule has 4 aromatic rings. The Morgan fingerprint density at radius 1 is 0.958 bits per heavy atom. The number of imidazole rings is 1. The first-order valence-corrected chi connectivity index (χ1v) is 7.55. The number of benzene rings is 1. The zero-order valence-corrected chi connectivity index (χ0v) is 12.8. The van der Waals surface area contributed by atoms with Crippen molar-refractivity contribution in [2.45, 2.75) is 6.54 Å². The van der Waals surface area contributed by atoms with Crippen LogP contribution in [0.25, 0.3) is 22.4 Å². The third kappa shape index (κ3) is 2.50. The summed E-state index contributed by atoms with van der Waals surface area (Å²) in [5.74, 6) is 0. The van der Waals surface area contributed by atoms with E-state index in [0.717, 1.165) is 28.0 Å². The quantitative estimate of drug-likeness (QED) is 0.581. The van der Waals surface area contributed by atoms with Crippen LogP contribution in [0.4, 0.5) is 0 Å². The van der Waals surface area contributed by atoms with Crippen molar-refractivity contribution in [2.24, 2.45) is 0 Å². The highest BCUT2D eigenvalue weighted by Gasteiger charge is 2.09. The molecular weight excluding hydrogens is 298 g/mol. The van der Waals surface area contributed by atoms with E-state index in [1.807, 2.05) is 53.1 Å². The average molecular weight is 311 g/mol. The highest BCUT2D eigenvalue weighted by molar-refractivity contribution is 5.71. The summed E-state index contributed by atoms with van der Waals surface area (Å²) in [5.41, 5.74) is 5.04. The summed E-state index contributed by atoms with van der Waals surface area (Å²) in [6.45, 7) is 0.638. The summed E-state index contributed by atoms with van der Waals surface area (Å²) in [7, 11) is 0. The number of pyridine rings is 2. The van der Waals surface area contributed by atoms with Gasteiger partial charge < -0.3 is 4.57 Å². The molecule has 0 unspecified atom stereocenters. The van der Waals surface area contributed by atoms with Crippen molar-refractivity contribution < 1.29 is 0 Å². The number of nitrogens with zero attached hydrogens (tertiary/aromatic N) is 5. The molecule has 4 rings (SSSR count). The van der Waals surface area contributed by atoms with Crippen molar-refractivity contribution in [2.75, 3.05) is 0 Å². The van der Waals surface area contributed by atoms with Crippen LogP contribution >= 0.6 is 0 Å². The van der Waals surface area contributed by atoms with E-state index in [2.05, 4.69) is 21.0 Å². The molecule has 0 spiro atoms. The summed E-state index contributed by atoms with van der Waals surface area (Å²) >= 11 is 0. The molecule has 0 N–H and O–H groups in total. The molecule has 0 fully saturated rings. The van der Waals surface area contributed by atoms with Gasteiger partial charge in [-0.3, -0.25) is 4.98 Å². The lowest BCUT2D eigenvalue weighted by atomic mass is 10.0. The summed E-state index contributed by atoms with van der Waals surface area (Å²) in [5, 5.41) is 9.37. The minimum Gasteiger partial charge on any atom is -0.311 e. The van der Waals surface area contributed by atoms with Crippen LogP contribution in [0.15, 0.2) is 67.3 Å². The van der Waals surface area contributed by atoms with Crippen LogP contribution in [-0.4, -0.2) is 19.5 Å². The smallest absolute Gasteiger partial charge is 0.160 e. The third-order valence-electron chi connectivity index (χ3n) is 3.87. The van der Waals surface area contributed by atoms with Crippen molar-refractivity contribution >= 4 is 11.2 Å². The first-order chi connectivity index (χ1) is 11.8. The van der Waals surface area contributed by atoms with Crippen molar-refractivity contribution in [1.29, 1.82) is 5.26 Å². The van der Waals surface area contributed by atoms with E-state index in [0.29, 0.717) is 12.1 Å². The summed E-state index contributed by atoms with van der Waals surface area (Å²) < 4.78 is 2.00. The molecule has 0 bridgehead atoms. The van der Waals surface area contributed by atoms with E-state index in [-0.39, 0.29) is 0 Å². The van der Waals surface area contributed by atoms with Crippen LogP contribution in [-0.2, 0) is 6.54 Å². The topological polar surface area (TPSA) is 67.4 Å². The van der Waals surface area contributed by atoms with E-state index >= 15 is 0 Å². The van der Waals surface area contributed by atoms with Gasteiger partial charge in [0.05, 0.1) is 30.2 Å². The van der Waals surface area contributed by atoms with Crippen LogP contribution in [0.1, 0.15) is 11.1 Å². The van der Waals surface area contributed by atoms with Crippen LogP contribution in [0.5, 0.6) is 0 Å². The van der Waals surface area contributed by atoms with Crippen LogP contribution in [0, 0.1) is 11.3 Å². The number of aromatic nitrogens is 4. The molecule has 3 aromatic heterocycles. The Morgan fingerprint density at radius 3 is 2.71 bits per heavy atom. The van der Waals surface area contributed by atoms with Crippen LogP contribution < -0.4 is 0 Å². The van der Waals surface area contributed by atoms with Gasteiger partial charge in [0.2, 0.25) is 0 Å². The van der Waals surface area contributed by atoms with Gasteiger partial charge in [-0.05, 0) is 42.0 Å². The minimum atomic E-state index is 0.617. The first-order valence-electron chi connectivity index (χ1n) is 7.55. The fraction of sp³-hybridized carbons (Fsp3) is 0.0526. The third-order valence-corrected chi connectivity index (χ3v) is 3.87. The van der Waals surface area contributed by atoms with Gasteiger partial charge in [0, 0.05) is 18.0 Å². The second-order valence-corrected chi connectivity index (χ2v) is 5.43. The largest absolute Gasteiger partial charge is 0.311 e. The van der Waals surface area contributed by atoms with E-state index in [1.54, 1.807) is 18.7 Å². The molecule has 3 heterocycles. The number of nitriles is 1. The number of rotatable bonds is 3. The van der Waals surface area contributed by atoms with E-state index in [9.17, 15) is 5.26 Å². The van der Waals surface area contributed by atoms with Crippen molar-refractivity contribution in [1.82, 2.24) is 19.5 Å². The van der Waals surface area contributed by atoms with Gasteiger partial charge in [-0.15, -0.1) is 0 Å². The van der Waals surface area contributed by atoms with Crippen LogP contribution in [0.2, 0.25) is 0 Å². The zero-order valence-electron chi connectivity index (χ0n) is 12.8. The van der Waals surface area contributed by atoms with Gasteiger partial charge in [-0.2, -0.15) is 5.26 Å². The summed E-state index contributed by atoms with van der Waals surface area (Å²) in [6, 6.07) is 17.6. The van der Waals surface area contributed by atoms with Crippen LogP contribution in [0.3, 0.4) is 0 Å². The van der Waals surface area contributed by atoms with Gasteiger partial charge in [-0.1, -0.05) is 12.1 Å². The molecule has 0 aliphatic rings. The molecule has 5 heteroatoms. The fourth-order valence-electron chi connectivity index (χ4n) is 2.73. The average Bonchev–Trinajstić information content (AvgIpc) is 3.05. The molecule has 0 saturated carbocycles. The Kier molecular flexibility index (Phi) is 3.49. The lowest BCUT2D eigenvalue weighted by Gasteiger charge is -2.08. The summed E-state index contributed by atoms with van der Waals surface area (Å²) in [4.78, 5) is 13.1. The molecule has 5 nitrogen and oxygen atoms in total. The standard InChI is InChI=1S/C19H13N5/c20-11-15-7-6-14(10-16(15)17-4-1-2-8-21-17)12-24-13-23-18-5-3-9-22-19(18)24/h1-10,13H,12H2. The first kappa shape index (κ1) is 14.1. The normalized spacial score (nSPS) is 10.6. The molecule has 0 amide bonds. The number of fused-ring (bicyclic) bond motifs is 1. The highest BCUT2D eigenvalue weighted by Crippen LogP contribution is 2.23. The van der Waals surface area contributed by atoms with E-state index < -0.39 is 0 Å². The molecule has 1 aromatic carbocycles. The fourth-order valence-corrected chi connectivity index (χ4v) is 2.73. The van der Waals surface area contributed by atoms with Gasteiger partial charge in [0.25, 0.3) is 0 Å². The molecular formula is C19H13N5. The number of hydrogen-bond donors (Lipinski definition) is 0. The maximum Gasteiger partial charge on any atom is 0.160 e. The highest BCUT2D eigenvalue weighted by atomic mass is 15.1. The van der Waals surface area contributed by atoms with Gasteiger partial charge in [-0.25, -0.2) is 9.97 Å². The second-order valence-electron chi connectivity index (χ2n) is 5.43. The van der Waals surface area contributed by atoms with E-state index in [4.69, 9.17) is 0 Å². The maximum absolute atomic E-state index is 9.37. The van der Waals surface area contributed by atoms with Gasteiger partial charge in [0.1, 0.15) is 5.52 Å². The van der Waals surface area contributed by atoms with Gasteiger partial charge >= 0.3 is 0 Å². The Labute approximate surface area is 138 Å². The molecule has 24 heavy (non-hydrogen) atoms. The summed E-state index contributed by atoms with van der Waals surface area (Å²) in [6.07, 6.45) is 5.28. The molecule has 114 valence electrons. The predicted molar refractivity (Wildman–Crippen MR) is 91.0 cm³/mol. The Hall–Kier alpha value is -3.52. The molecule has 0 atom stereocenters. The lowest BCUT2D eigenvalue weighted by Crippen LogP contribution is -2.00. The molecule has 0 saturated heterocycles. The Bertz CT molecular complexity index is 1040. The SMILES string of the molecule is N#Cc1ccc(Cn2cnc3cccnc32)cc1-c1ccccn1. The molecule has 0 aliphatic carbocycles. The number of hydrogen-bond acceptors (Lipinski definition) is 4. The lowest BCUT2D eigenvalue weighted by molar-refractivity contribution is 0.814. The molecule has 0 aliphatic heterocycles. The Balaban J connectivity index is 1.76. The second kappa shape index (κ2) is 5.94. The van der Waals surface area contributed by atoms with Crippen molar-refractivity contribution in [3.63, 3.8) is 0 Å². The Morgan fingerprint density at radius 2 is 1.88 bits per heavy atom. The maximum atomic E-state index is 9.37. The van der Waals surface area contributed by atoms with Gasteiger partial charge in [0.15, 0.2) is 5.65 Å². The monoisotopic (exact) mass is 311 g/mol. The zero-order chi connectivity index (χ0) is 16.4.